The zero-order valence-corrected chi connectivity index (χ0v) is 12.1. The lowest BCUT2D eigenvalue weighted by Crippen LogP contribution is -2.39. The van der Waals surface area contributed by atoms with E-state index in [9.17, 15) is 19.7 Å². The summed E-state index contributed by atoms with van der Waals surface area (Å²) in [7, 11) is 1.52. The average molecular weight is 294 g/mol. The van der Waals surface area contributed by atoms with Crippen molar-refractivity contribution in [3.8, 4) is 0 Å². The maximum atomic E-state index is 11.7. The van der Waals surface area contributed by atoms with Gasteiger partial charge in [-0.1, -0.05) is 0 Å². The Morgan fingerprint density at radius 3 is 2.48 bits per heavy atom. The summed E-state index contributed by atoms with van der Waals surface area (Å²) in [6, 6.07) is 3.90. The van der Waals surface area contributed by atoms with Crippen LogP contribution < -0.4 is 16.4 Å². The zero-order chi connectivity index (χ0) is 16.2. The molecule has 0 aliphatic heterocycles. The summed E-state index contributed by atoms with van der Waals surface area (Å²) in [4.78, 5) is 33.2. The highest BCUT2D eigenvalue weighted by molar-refractivity contribution is 5.94. The van der Waals surface area contributed by atoms with Gasteiger partial charge in [0.15, 0.2) is 0 Å². The quantitative estimate of drug-likeness (QED) is 0.530. The number of hydrogen-bond acceptors (Lipinski definition) is 5. The molecule has 1 aromatic carbocycles. The molecule has 114 valence electrons. The summed E-state index contributed by atoms with van der Waals surface area (Å²) >= 11 is 0. The van der Waals surface area contributed by atoms with Crippen molar-refractivity contribution in [2.75, 3.05) is 18.9 Å². The molecule has 0 unspecified atom stereocenters. The summed E-state index contributed by atoms with van der Waals surface area (Å²) in [5, 5.41) is 16.4. The molecule has 0 fully saturated rings. The number of anilines is 1. The van der Waals surface area contributed by atoms with Crippen LogP contribution >= 0.6 is 0 Å². The van der Waals surface area contributed by atoms with E-state index in [1.165, 1.54) is 19.2 Å². The van der Waals surface area contributed by atoms with Crippen molar-refractivity contribution >= 4 is 23.2 Å². The van der Waals surface area contributed by atoms with Crippen LogP contribution in [0.3, 0.4) is 0 Å². The van der Waals surface area contributed by atoms with Crippen LogP contribution in [-0.4, -0.2) is 30.3 Å². The Morgan fingerprint density at radius 1 is 1.38 bits per heavy atom. The molecule has 21 heavy (non-hydrogen) atoms. The van der Waals surface area contributed by atoms with Gasteiger partial charge in [-0.05, 0) is 26.0 Å². The lowest BCUT2D eigenvalue weighted by molar-refractivity contribution is -0.384. The van der Waals surface area contributed by atoms with E-state index in [-0.39, 0.29) is 29.4 Å². The fraction of sp³-hybridized carbons (Fsp3) is 0.385. The predicted molar refractivity (Wildman–Crippen MR) is 78.0 cm³/mol. The number of nitro benzene ring substituents is 1. The number of nitrogens with two attached hydrogens (primary N) is 1. The summed E-state index contributed by atoms with van der Waals surface area (Å²) in [6.45, 7) is 3.62. The minimum absolute atomic E-state index is 0.0535. The molecule has 0 spiro atoms. The van der Waals surface area contributed by atoms with E-state index in [0.29, 0.717) is 0 Å². The van der Waals surface area contributed by atoms with Crippen LogP contribution in [0.2, 0.25) is 0 Å². The van der Waals surface area contributed by atoms with Crippen molar-refractivity contribution < 1.29 is 14.5 Å². The van der Waals surface area contributed by atoms with Crippen molar-refractivity contribution in [1.82, 2.24) is 5.32 Å². The Balaban J connectivity index is 3.01. The Morgan fingerprint density at radius 2 is 2.00 bits per heavy atom. The third-order valence-corrected chi connectivity index (χ3v) is 3.04. The van der Waals surface area contributed by atoms with Gasteiger partial charge in [0.25, 0.3) is 5.69 Å². The minimum atomic E-state index is -0.745. The Labute approximate surface area is 121 Å². The molecular weight excluding hydrogens is 276 g/mol. The summed E-state index contributed by atoms with van der Waals surface area (Å²) in [6.07, 6.45) is 0. The van der Waals surface area contributed by atoms with Crippen molar-refractivity contribution in [3.05, 3.63) is 33.9 Å². The van der Waals surface area contributed by atoms with Gasteiger partial charge in [-0.25, -0.2) is 0 Å². The van der Waals surface area contributed by atoms with Crippen molar-refractivity contribution in [2.24, 2.45) is 11.1 Å². The molecular formula is C13H18N4O4. The number of nitro groups is 1. The number of nitrogens with zero attached hydrogens (tertiary/aromatic N) is 1. The van der Waals surface area contributed by atoms with Crippen LogP contribution in [0, 0.1) is 15.5 Å². The number of nitrogens with one attached hydrogen (secondary N) is 2. The first-order valence-corrected chi connectivity index (χ1v) is 6.23. The van der Waals surface area contributed by atoms with Crippen molar-refractivity contribution in [2.45, 2.75) is 13.8 Å². The SMILES string of the molecule is CNC(=O)C(C)(C)CNc1ccc(C(N)=O)cc1[N+](=O)[O-]. The Bertz CT molecular complexity index is 584. The highest BCUT2D eigenvalue weighted by atomic mass is 16.6. The van der Waals surface area contributed by atoms with E-state index >= 15 is 0 Å². The number of carbonyl (C=O) groups excluding carboxylic acids is 2. The molecule has 0 atom stereocenters. The van der Waals surface area contributed by atoms with Gasteiger partial charge in [-0.2, -0.15) is 0 Å². The van der Waals surface area contributed by atoms with E-state index in [0.717, 1.165) is 6.07 Å². The smallest absolute Gasteiger partial charge is 0.293 e. The lowest BCUT2D eigenvalue weighted by Gasteiger charge is -2.23. The van der Waals surface area contributed by atoms with Gasteiger partial charge in [0.1, 0.15) is 5.69 Å². The van der Waals surface area contributed by atoms with Gasteiger partial charge in [-0.15, -0.1) is 0 Å². The minimum Gasteiger partial charge on any atom is -0.378 e. The van der Waals surface area contributed by atoms with Gasteiger partial charge in [0.05, 0.1) is 10.3 Å². The highest BCUT2D eigenvalue weighted by Crippen LogP contribution is 2.27. The zero-order valence-electron chi connectivity index (χ0n) is 12.1. The van der Waals surface area contributed by atoms with Crippen LogP contribution in [0.5, 0.6) is 0 Å². The van der Waals surface area contributed by atoms with E-state index in [4.69, 9.17) is 5.73 Å². The molecule has 0 aromatic heterocycles. The van der Waals surface area contributed by atoms with Gasteiger partial charge < -0.3 is 16.4 Å². The molecule has 0 bridgehead atoms. The second kappa shape index (κ2) is 6.21. The Kier molecular flexibility index (Phi) is 4.85. The van der Waals surface area contributed by atoms with Crippen molar-refractivity contribution in [1.29, 1.82) is 0 Å². The molecule has 0 aliphatic carbocycles. The summed E-state index contributed by atoms with van der Waals surface area (Å²) in [5.41, 5.74) is 4.37. The molecule has 0 heterocycles. The summed E-state index contributed by atoms with van der Waals surface area (Å²) in [5.74, 6) is -0.929. The fourth-order valence-electron chi connectivity index (χ4n) is 1.72. The maximum Gasteiger partial charge on any atom is 0.293 e. The number of carbonyl (C=O) groups is 2. The number of primary amides is 1. The third kappa shape index (κ3) is 3.91. The summed E-state index contributed by atoms with van der Waals surface area (Å²) < 4.78 is 0. The van der Waals surface area contributed by atoms with Gasteiger partial charge in [0.2, 0.25) is 11.8 Å². The van der Waals surface area contributed by atoms with Crippen LogP contribution in [-0.2, 0) is 4.79 Å². The number of rotatable bonds is 6. The largest absolute Gasteiger partial charge is 0.378 e. The van der Waals surface area contributed by atoms with Gasteiger partial charge >= 0.3 is 0 Å². The second-order valence-electron chi connectivity index (χ2n) is 5.17. The van der Waals surface area contributed by atoms with Crippen LogP contribution in [0.15, 0.2) is 18.2 Å². The number of benzene rings is 1. The van der Waals surface area contributed by atoms with Crippen LogP contribution in [0.25, 0.3) is 0 Å². The van der Waals surface area contributed by atoms with Crippen LogP contribution in [0.1, 0.15) is 24.2 Å². The first-order valence-electron chi connectivity index (χ1n) is 6.23. The number of hydrogen-bond donors (Lipinski definition) is 3. The molecule has 8 nitrogen and oxygen atoms in total. The second-order valence-corrected chi connectivity index (χ2v) is 5.17. The molecule has 8 heteroatoms. The molecule has 0 aliphatic rings. The molecule has 0 saturated carbocycles. The van der Waals surface area contributed by atoms with E-state index < -0.39 is 16.2 Å². The van der Waals surface area contributed by atoms with E-state index in [2.05, 4.69) is 10.6 Å². The van der Waals surface area contributed by atoms with Crippen molar-refractivity contribution in [3.63, 3.8) is 0 Å². The van der Waals surface area contributed by atoms with Gasteiger partial charge in [0, 0.05) is 25.2 Å². The standard InChI is InChI=1S/C13H18N4O4/c1-13(2,12(19)15-3)7-16-9-5-4-8(11(14)18)6-10(9)17(20)21/h4-6,16H,7H2,1-3H3,(H2,14,18)(H,15,19). The van der Waals surface area contributed by atoms with Gasteiger partial charge in [-0.3, -0.25) is 19.7 Å². The lowest BCUT2D eigenvalue weighted by atomic mass is 9.92. The topological polar surface area (TPSA) is 127 Å². The normalized spacial score (nSPS) is 10.8. The molecule has 0 radical (unpaired) electrons. The highest BCUT2D eigenvalue weighted by Gasteiger charge is 2.27. The molecule has 2 amide bonds. The average Bonchev–Trinajstić information content (AvgIpc) is 2.43. The molecule has 1 aromatic rings. The maximum absolute atomic E-state index is 11.7. The predicted octanol–water partition coefficient (Wildman–Crippen LogP) is 0.878. The fourth-order valence-corrected chi connectivity index (χ4v) is 1.72. The molecule has 4 N–H and O–H groups in total. The molecule has 0 saturated heterocycles. The molecule has 1 rings (SSSR count). The first-order chi connectivity index (χ1) is 9.69. The Hall–Kier alpha value is -2.64. The van der Waals surface area contributed by atoms with Crippen LogP contribution in [0.4, 0.5) is 11.4 Å². The van der Waals surface area contributed by atoms with E-state index in [1.807, 2.05) is 0 Å². The number of amides is 2. The first kappa shape index (κ1) is 16.4. The third-order valence-electron chi connectivity index (χ3n) is 3.04. The monoisotopic (exact) mass is 294 g/mol. The van der Waals surface area contributed by atoms with E-state index in [1.54, 1.807) is 13.8 Å².